The maximum Gasteiger partial charge on any atom is 0.313 e. The fourth-order valence-corrected chi connectivity index (χ4v) is 1.86. The van der Waals surface area contributed by atoms with E-state index in [0.717, 1.165) is 12.0 Å². The number of benzene rings is 1. The number of aliphatic hydroxyl groups is 1. The monoisotopic (exact) mass is 292 g/mol. The third kappa shape index (κ3) is 5.19. The molecule has 0 fully saturated rings. The Morgan fingerprint density at radius 1 is 1.33 bits per heavy atom. The lowest BCUT2D eigenvalue weighted by atomic mass is 9.89. The van der Waals surface area contributed by atoms with Gasteiger partial charge in [-0.25, -0.2) is 0 Å². The van der Waals surface area contributed by atoms with Crippen LogP contribution in [-0.2, 0) is 9.59 Å². The second-order valence-corrected chi connectivity index (χ2v) is 5.67. The minimum absolute atomic E-state index is 0.0256. The van der Waals surface area contributed by atoms with Crippen LogP contribution in [0.3, 0.4) is 0 Å². The second kappa shape index (κ2) is 7.22. The van der Waals surface area contributed by atoms with Crippen LogP contribution in [0.5, 0.6) is 0 Å². The first-order valence-electron chi connectivity index (χ1n) is 7.14. The average Bonchev–Trinajstić information content (AvgIpc) is 2.43. The van der Waals surface area contributed by atoms with E-state index in [-0.39, 0.29) is 12.5 Å². The maximum absolute atomic E-state index is 11.8. The van der Waals surface area contributed by atoms with Crippen LogP contribution < -0.4 is 10.6 Å². The van der Waals surface area contributed by atoms with E-state index in [0.29, 0.717) is 5.69 Å². The first-order chi connectivity index (χ1) is 9.76. The molecule has 0 aliphatic rings. The van der Waals surface area contributed by atoms with Gasteiger partial charge in [-0.15, -0.1) is 0 Å². The Hall–Kier alpha value is -1.88. The third-order valence-corrected chi connectivity index (χ3v) is 3.76. The molecule has 116 valence electrons. The van der Waals surface area contributed by atoms with E-state index in [4.69, 9.17) is 0 Å². The summed E-state index contributed by atoms with van der Waals surface area (Å²) >= 11 is 0. The van der Waals surface area contributed by atoms with Gasteiger partial charge in [0.2, 0.25) is 0 Å². The molecule has 0 aromatic heterocycles. The van der Waals surface area contributed by atoms with E-state index < -0.39 is 17.4 Å². The van der Waals surface area contributed by atoms with Crippen molar-refractivity contribution in [1.82, 2.24) is 5.32 Å². The molecule has 1 aromatic rings. The molecule has 2 amide bonds. The van der Waals surface area contributed by atoms with Crippen molar-refractivity contribution in [2.75, 3.05) is 11.9 Å². The molecule has 0 aliphatic heterocycles. The summed E-state index contributed by atoms with van der Waals surface area (Å²) in [5.74, 6) is -1.46. The summed E-state index contributed by atoms with van der Waals surface area (Å²) in [5, 5.41) is 15.2. The quantitative estimate of drug-likeness (QED) is 0.725. The molecule has 0 radical (unpaired) electrons. The molecule has 0 unspecified atom stereocenters. The molecule has 3 N–H and O–H groups in total. The fourth-order valence-electron chi connectivity index (χ4n) is 1.86. The zero-order valence-electron chi connectivity index (χ0n) is 13.1. The van der Waals surface area contributed by atoms with Crippen LogP contribution in [0.15, 0.2) is 24.3 Å². The first-order valence-corrected chi connectivity index (χ1v) is 7.14. The van der Waals surface area contributed by atoms with Crippen LogP contribution in [0.4, 0.5) is 5.69 Å². The fraction of sp³-hybridized carbons (Fsp3) is 0.500. The van der Waals surface area contributed by atoms with Crippen LogP contribution in [-0.4, -0.2) is 29.1 Å². The van der Waals surface area contributed by atoms with Gasteiger partial charge in [0.1, 0.15) is 0 Å². The van der Waals surface area contributed by atoms with Crippen LogP contribution in [0.25, 0.3) is 0 Å². The summed E-state index contributed by atoms with van der Waals surface area (Å²) in [7, 11) is 0. The lowest BCUT2D eigenvalue weighted by molar-refractivity contribution is -0.137. The van der Waals surface area contributed by atoms with E-state index in [2.05, 4.69) is 10.6 Å². The first kappa shape index (κ1) is 17.2. The van der Waals surface area contributed by atoms with Gasteiger partial charge >= 0.3 is 11.8 Å². The van der Waals surface area contributed by atoms with E-state index in [1.54, 1.807) is 25.1 Å². The smallest absolute Gasteiger partial charge is 0.313 e. The van der Waals surface area contributed by atoms with Crippen molar-refractivity contribution in [2.45, 2.75) is 39.7 Å². The van der Waals surface area contributed by atoms with Crippen molar-refractivity contribution < 1.29 is 14.7 Å². The Balaban J connectivity index is 2.54. The largest absolute Gasteiger partial charge is 0.388 e. The van der Waals surface area contributed by atoms with Gasteiger partial charge in [-0.05, 0) is 37.5 Å². The lowest BCUT2D eigenvalue weighted by Crippen LogP contribution is -2.47. The van der Waals surface area contributed by atoms with Gasteiger partial charge in [0.15, 0.2) is 0 Å². The number of rotatable bonds is 5. The standard InChI is InChI=1S/C16H24N2O3/c1-5-12(3)16(4,21)10-17-14(19)15(20)18-13-8-6-7-11(2)9-13/h6-9,12,21H,5,10H2,1-4H3,(H,17,19)(H,18,20)/t12-,16-/m0/s1. The summed E-state index contributed by atoms with van der Waals surface area (Å²) in [5.41, 5.74) is 0.533. The average molecular weight is 292 g/mol. The summed E-state index contributed by atoms with van der Waals surface area (Å²) in [6.07, 6.45) is 0.790. The molecule has 0 saturated heterocycles. The number of carbonyl (C=O) groups excluding carboxylic acids is 2. The van der Waals surface area contributed by atoms with E-state index >= 15 is 0 Å². The molecule has 0 bridgehead atoms. The number of amides is 2. The van der Waals surface area contributed by atoms with Crippen LogP contribution >= 0.6 is 0 Å². The van der Waals surface area contributed by atoms with Gasteiger partial charge in [0.25, 0.3) is 0 Å². The number of carbonyl (C=O) groups is 2. The molecule has 0 saturated carbocycles. The zero-order valence-corrected chi connectivity index (χ0v) is 13.1. The van der Waals surface area contributed by atoms with Gasteiger partial charge in [-0.2, -0.15) is 0 Å². The highest BCUT2D eigenvalue weighted by Gasteiger charge is 2.28. The van der Waals surface area contributed by atoms with Gasteiger partial charge in [0, 0.05) is 12.2 Å². The molecule has 0 aliphatic carbocycles. The molecule has 5 heteroatoms. The van der Waals surface area contributed by atoms with E-state index in [1.807, 2.05) is 26.8 Å². The SMILES string of the molecule is CC[C@H](C)[C@@](C)(O)CNC(=O)C(=O)Nc1cccc(C)c1. The lowest BCUT2D eigenvalue weighted by Gasteiger charge is -2.29. The number of aryl methyl sites for hydroxylation is 1. The highest BCUT2D eigenvalue weighted by Crippen LogP contribution is 2.18. The maximum atomic E-state index is 11.8. The Morgan fingerprint density at radius 2 is 2.00 bits per heavy atom. The predicted molar refractivity (Wildman–Crippen MR) is 82.9 cm³/mol. The molecule has 1 aromatic carbocycles. The molecule has 21 heavy (non-hydrogen) atoms. The number of hydrogen-bond acceptors (Lipinski definition) is 3. The van der Waals surface area contributed by atoms with Crippen molar-refractivity contribution in [3.8, 4) is 0 Å². The Morgan fingerprint density at radius 3 is 2.57 bits per heavy atom. The summed E-state index contributed by atoms with van der Waals surface area (Å²) in [6, 6.07) is 7.20. The van der Waals surface area contributed by atoms with Crippen molar-refractivity contribution >= 4 is 17.5 Å². The van der Waals surface area contributed by atoms with Crippen molar-refractivity contribution in [1.29, 1.82) is 0 Å². The molecule has 2 atom stereocenters. The predicted octanol–water partition coefficient (Wildman–Crippen LogP) is 1.85. The molecule has 0 spiro atoms. The minimum atomic E-state index is -1.03. The van der Waals surface area contributed by atoms with Crippen LogP contribution in [0, 0.1) is 12.8 Å². The highest BCUT2D eigenvalue weighted by atomic mass is 16.3. The molecule has 5 nitrogen and oxygen atoms in total. The summed E-state index contributed by atoms with van der Waals surface area (Å²) < 4.78 is 0. The second-order valence-electron chi connectivity index (χ2n) is 5.67. The Bertz CT molecular complexity index is 512. The molecule has 1 rings (SSSR count). The zero-order chi connectivity index (χ0) is 16.0. The topological polar surface area (TPSA) is 78.4 Å². The molecule has 0 heterocycles. The van der Waals surface area contributed by atoms with E-state index in [1.165, 1.54) is 0 Å². The van der Waals surface area contributed by atoms with Gasteiger partial charge < -0.3 is 15.7 Å². The van der Waals surface area contributed by atoms with Gasteiger partial charge in [-0.3, -0.25) is 9.59 Å². The normalized spacial score (nSPS) is 14.9. The Kier molecular flexibility index (Phi) is 5.90. The van der Waals surface area contributed by atoms with Crippen molar-refractivity contribution in [2.24, 2.45) is 5.92 Å². The van der Waals surface area contributed by atoms with Gasteiger partial charge in [-0.1, -0.05) is 32.4 Å². The molecular formula is C16H24N2O3. The van der Waals surface area contributed by atoms with Crippen LogP contribution in [0.1, 0.15) is 32.8 Å². The van der Waals surface area contributed by atoms with Gasteiger partial charge in [0.05, 0.1) is 5.60 Å². The minimum Gasteiger partial charge on any atom is -0.388 e. The number of nitrogens with one attached hydrogen (secondary N) is 2. The van der Waals surface area contributed by atoms with Crippen LogP contribution in [0.2, 0.25) is 0 Å². The van der Waals surface area contributed by atoms with E-state index in [9.17, 15) is 14.7 Å². The third-order valence-electron chi connectivity index (χ3n) is 3.76. The summed E-state index contributed by atoms with van der Waals surface area (Å²) in [6.45, 7) is 7.46. The van der Waals surface area contributed by atoms with Crippen molar-refractivity contribution in [3.05, 3.63) is 29.8 Å². The number of anilines is 1. The Labute approximate surface area is 125 Å². The molecular weight excluding hydrogens is 268 g/mol. The summed E-state index contributed by atoms with van der Waals surface area (Å²) in [4.78, 5) is 23.5. The number of hydrogen-bond donors (Lipinski definition) is 3. The van der Waals surface area contributed by atoms with Crippen molar-refractivity contribution in [3.63, 3.8) is 0 Å². The highest BCUT2D eigenvalue weighted by molar-refractivity contribution is 6.39.